The minimum absolute atomic E-state index is 0.0966. The molecule has 0 aromatic carbocycles. The molecule has 4 aromatic rings. The number of nitrogens with zero attached hydrogens (tertiary/aromatic N) is 6. The number of rotatable bonds is 10. The fourth-order valence-corrected chi connectivity index (χ4v) is 3.73. The van der Waals surface area contributed by atoms with Crippen molar-refractivity contribution in [3.63, 3.8) is 0 Å². The molecule has 0 aliphatic heterocycles. The van der Waals surface area contributed by atoms with Gasteiger partial charge in [-0.15, -0.1) is 0 Å². The number of fused-ring (bicyclic) bond motifs is 1. The number of aryl methyl sites for hydroxylation is 2. The summed E-state index contributed by atoms with van der Waals surface area (Å²) in [6.07, 6.45) is 6.34. The summed E-state index contributed by atoms with van der Waals surface area (Å²) in [6.45, 7) is 2.86. The Morgan fingerprint density at radius 2 is 1.88 bits per heavy atom. The van der Waals surface area contributed by atoms with Crippen molar-refractivity contribution in [1.82, 2.24) is 34.2 Å². The van der Waals surface area contributed by atoms with Crippen molar-refractivity contribution >= 4 is 22.8 Å². The van der Waals surface area contributed by atoms with Crippen LogP contribution in [0.3, 0.4) is 0 Å². The van der Waals surface area contributed by atoms with Crippen LogP contribution in [0.5, 0.6) is 0 Å². The smallest absolute Gasteiger partial charge is 0.332 e. The molecule has 4 rings (SSSR count). The van der Waals surface area contributed by atoms with Gasteiger partial charge in [0, 0.05) is 25.7 Å². The number of pyridine rings is 1. The van der Waals surface area contributed by atoms with Crippen LogP contribution in [-0.4, -0.2) is 34.2 Å². The Bertz CT molecular complexity index is 1310. The van der Waals surface area contributed by atoms with Crippen LogP contribution in [0.25, 0.3) is 22.7 Å². The van der Waals surface area contributed by atoms with Crippen LogP contribution >= 0.6 is 11.6 Å². The molecule has 0 bridgehead atoms. The lowest BCUT2D eigenvalue weighted by Crippen LogP contribution is -2.40. The normalized spacial score (nSPS) is 11.4. The van der Waals surface area contributed by atoms with Gasteiger partial charge in [-0.3, -0.25) is 18.9 Å². The monoisotopic (exact) mass is 457 g/mol. The zero-order valence-corrected chi connectivity index (χ0v) is 18.5. The zero-order chi connectivity index (χ0) is 22.5. The van der Waals surface area contributed by atoms with Gasteiger partial charge in [-0.2, -0.15) is 9.97 Å². The summed E-state index contributed by atoms with van der Waals surface area (Å²) in [5, 5.41) is 4.08. The third kappa shape index (κ3) is 4.64. The average molecular weight is 458 g/mol. The Morgan fingerprint density at radius 1 is 1.06 bits per heavy atom. The summed E-state index contributed by atoms with van der Waals surface area (Å²) >= 11 is 5.98. The van der Waals surface area contributed by atoms with E-state index in [4.69, 9.17) is 16.1 Å². The van der Waals surface area contributed by atoms with Crippen LogP contribution in [0, 0.1) is 0 Å². The number of halogens is 1. The lowest BCUT2D eigenvalue weighted by molar-refractivity contribution is 0.419. The summed E-state index contributed by atoms with van der Waals surface area (Å²) in [5.41, 5.74) is 0.412. The van der Waals surface area contributed by atoms with E-state index in [1.54, 1.807) is 12.3 Å². The maximum atomic E-state index is 13.0. The molecule has 10 nitrogen and oxygen atoms in total. The molecule has 0 atom stereocenters. The predicted molar refractivity (Wildman–Crippen MR) is 120 cm³/mol. The molecule has 4 heterocycles. The van der Waals surface area contributed by atoms with Gasteiger partial charge in [-0.1, -0.05) is 31.0 Å². The summed E-state index contributed by atoms with van der Waals surface area (Å²) in [6, 6.07) is 5.46. The number of hydrogen-bond donors (Lipinski definition) is 1. The van der Waals surface area contributed by atoms with Gasteiger partial charge >= 0.3 is 5.69 Å². The minimum atomic E-state index is -0.409. The standard InChI is InChI=1S/C21H24ClN7O3/c1-2-3-7-12-28-17-16(25-20(22)26-17)19(30)29(21(28)31)13-8-5-10-15-24-18(32-27-15)14-9-4-6-11-23-14/h4,6,9,11H,2-3,5,7-8,10,12-13H2,1H3,(H,25,26). The van der Waals surface area contributed by atoms with Crippen molar-refractivity contribution < 1.29 is 4.52 Å². The zero-order valence-electron chi connectivity index (χ0n) is 17.8. The van der Waals surface area contributed by atoms with Gasteiger partial charge < -0.3 is 9.51 Å². The molecular formula is C21H24ClN7O3. The second-order valence-electron chi connectivity index (χ2n) is 7.51. The number of aromatic nitrogens is 7. The first-order chi connectivity index (χ1) is 15.6. The maximum Gasteiger partial charge on any atom is 0.332 e. The molecule has 0 fully saturated rings. The van der Waals surface area contributed by atoms with E-state index in [0.29, 0.717) is 48.9 Å². The topological polar surface area (TPSA) is 124 Å². The fraction of sp³-hybridized carbons (Fsp3) is 0.429. The number of unbranched alkanes of at least 4 members (excludes halogenated alkanes) is 3. The molecule has 0 spiro atoms. The van der Waals surface area contributed by atoms with Gasteiger partial charge in [0.25, 0.3) is 11.4 Å². The molecular weight excluding hydrogens is 434 g/mol. The Morgan fingerprint density at radius 3 is 2.66 bits per heavy atom. The molecule has 0 radical (unpaired) electrons. The van der Waals surface area contributed by atoms with Gasteiger partial charge in [0.15, 0.2) is 17.0 Å². The fourth-order valence-electron chi connectivity index (χ4n) is 3.56. The predicted octanol–water partition coefficient (Wildman–Crippen LogP) is 3.20. The Labute approximate surface area is 188 Å². The Hall–Kier alpha value is -3.27. The van der Waals surface area contributed by atoms with Crippen molar-refractivity contribution in [3.05, 3.63) is 56.3 Å². The van der Waals surface area contributed by atoms with Gasteiger partial charge in [-0.25, -0.2) is 4.79 Å². The van der Waals surface area contributed by atoms with Crippen molar-refractivity contribution in [2.45, 2.75) is 58.5 Å². The number of imidazole rings is 1. The molecule has 168 valence electrons. The highest BCUT2D eigenvalue weighted by Crippen LogP contribution is 2.14. The van der Waals surface area contributed by atoms with Crippen LogP contribution in [0.2, 0.25) is 5.28 Å². The van der Waals surface area contributed by atoms with E-state index in [0.717, 1.165) is 19.3 Å². The maximum absolute atomic E-state index is 13.0. The highest BCUT2D eigenvalue weighted by molar-refractivity contribution is 6.28. The Kier molecular flexibility index (Phi) is 6.79. The molecule has 4 aromatic heterocycles. The quantitative estimate of drug-likeness (QED) is 0.286. The van der Waals surface area contributed by atoms with E-state index in [1.807, 2.05) is 12.1 Å². The van der Waals surface area contributed by atoms with E-state index >= 15 is 0 Å². The summed E-state index contributed by atoms with van der Waals surface area (Å²) in [4.78, 5) is 41.3. The van der Waals surface area contributed by atoms with Crippen molar-refractivity contribution in [1.29, 1.82) is 0 Å². The number of H-pyrrole nitrogens is 1. The third-order valence-electron chi connectivity index (χ3n) is 5.20. The molecule has 32 heavy (non-hydrogen) atoms. The molecule has 11 heteroatoms. The molecule has 0 unspecified atom stereocenters. The van der Waals surface area contributed by atoms with Crippen molar-refractivity contribution in [2.24, 2.45) is 0 Å². The van der Waals surface area contributed by atoms with Crippen LogP contribution in [0.4, 0.5) is 0 Å². The van der Waals surface area contributed by atoms with E-state index in [9.17, 15) is 9.59 Å². The highest BCUT2D eigenvalue weighted by atomic mass is 35.5. The summed E-state index contributed by atoms with van der Waals surface area (Å²) in [7, 11) is 0. The van der Waals surface area contributed by atoms with Gasteiger partial charge in [-0.05, 0) is 43.0 Å². The Balaban J connectivity index is 1.46. The molecule has 0 aliphatic carbocycles. The number of aromatic amines is 1. The van der Waals surface area contributed by atoms with Crippen molar-refractivity contribution in [2.75, 3.05) is 0 Å². The first kappa shape index (κ1) is 21.9. The first-order valence-electron chi connectivity index (χ1n) is 10.7. The number of nitrogens with one attached hydrogen (secondary N) is 1. The van der Waals surface area contributed by atoms with Crippen LogP contribution in [-0.2, 0) is 19.5 Å². The first-order valence-corrected chi connectivity index (χ1v) is 11.1. The van der Waals surface area contributed by atoms with E-state index in [1.165, 1.54) is 9.13 Å². The summed E-state index contributed by atoms with van der Waals surface area (Å²) in [5.74, 6) is 0.930. The van der Waals surface area contributed by atoms with Gasteiger partial charge in [0.05, 0.1) is 0 Å². The molecule has 0 aliphatic rings. The number of hydrogen-bond acceptors (Lipinski definition) is 7. The second-order valence-corrected chi connectivity index (χ2v) is 7.87. The lowest BCUT2D eigenvalue weighted by atomic mass is 10.2. The molecule has 0 amide bonds. The van der Waals surface area contributed by atoms with E-state index < -0.39 is 5.56 Å². The lowest BCUT2D eigenvalue weighted by Gasteiger charge is -2.11. The second kappa shape index (κ2) is 9.90. The molecule has 0 saturated heterocycles. The van der Waals surface area contributed by atoms with Crippen LogP contribution in [0.15, 0.2) is 38.5 Å². The largest absolute Gasteiger partial charge is 0.332 e. The molecule has 0 saturated carbocycles. The van der Waals surface area contributed by atoms with E-state index in [2.05, 4.69) is 32.0 Å². The van der Waals surface area contributed by atoms with Crippen LogP contribution in [0.1, 0.15) is 44.9 Å². The van der Waals surface area contributed by atoms with Crippen LogP contribution < -0.4 is 11.2 Å². The molecule has 1 N–H and O–H groups in total. The third-order valence-corrected chi connectivity index (χ3v) is 5.38. The highest BCUT2D eigenvalue weighted by Gasteiger charge is 2.17. The summed E-state index contributed by atoms with van der Waals surface area (Å²) < 4.78 is 8.04. The minimum Gasteiger partial charge on any atom is -0.332 e. The SMILES string of the molecule is CCCCCn1c(=O)n(CCCCc2noc(-c3ccccn3)n2)c(=O)c2[nH]c(Cl)nc21. The average Bonchev–Trinajstić information content (AvgIpc) is 3.43. The van der Waals surface area contributed by atoms with Gasteiger partial charge in [0.1, 0.15) is 5.69 Å². The van der Waals surface area contributed by atoms with Crippen molar-refractivity contribution in [3.8, 4) is 11.6 Å². The van der Waals surface area contributed by atoms with Gasteiger partial charge in [0.2, 0.25) is 5.28 Å². The van der Waals surface area contributed by atoms with E-state index in [-0.39, 0.29) is 23.0 Å².